The van der Waals surface area contributed by atoms with E-state index in [9.17, 15) is 14.7 Å². The molecule has 0 fully saturated rings. The second-order valence-corrected chi connectivity index (χ2v) is 14.9. The smallest absolute Gasteiger partial charge is 0.271 e. The van der Waals surface area contributed by atoms with E-state index in [0.29, 0.717) is 39.4 Å². The first kappa shape index (κ1) is 33.2. The van der Waals surface area contributed by atoms with Gasteiger partial charge in [-0.2, -0.15) is 0 Å². The molecule has 0 saturated heterocycles. The molecule has 1 aromatic heterocycles. The first-order chi connectivity index (χ1) is 21.6. The Morgan fingerprint density at radius 2 is 1.63 bits per heavy atom. The number of benzene rings is 3. The van der Waals surface area contributed by atoms with E-state index in [0.717, 1.165) is 33.0 Å². The van der Waals surface area contributed by atoms with Crippen LogP contribution in [0.3, 0.4) is 0 Å². The highest BCUT2D eigenvalue weighted by molar-refractivity contribution is 7.07. The Kier molecular flexibility index (Phi) is 8.81. The van der Waals surface area contributed by atoms with Gasteiger partial charge in [-0.1, -0.05) is 83.2 Å². The van der Waals surface area contributed by atoms with Crippen molar-refractivity contribution in [3.05, 3.63) is 102 Å². The lowest BCUT2D eigenvalue weighted by molar-refractivity contribution is -0.127. The minimum absolute atomic E-state index is 0.149. The van der Waals surface area contributed by atoms with Crippen molar-refractivity contribution in [1.82, 2.24) is 9.47 Å². The van der Waals surface area contributed by atoms with E-state index in [2.05, 4.69) is 41.5 Å². The van der Waals surface area contributed by atoms with Crippen LogP contribution >= 0.6 is 11.3 Å². The van der Waals surface area contributed by atoms with E-state index in [1.54, 1.807) is 16.6 Å². The standard InChI is InChI=1S/C38H45N3O4S/c1-11-40(12-2)35(44)30-22(3)39-36-41(32(30)31-25-16-14-13-15-24(25)17-18-28(31)45-10)34(43)29(46-36)21-23-19-26(37(4,5)6)33(42)27(20-23)38(7,8)9/h13-21,32,42H,11-12H2,1-10H3/b29-21+/t32-/m0/s1. The summed E-state index contributed by atoms with van der Waals surface area (Å²) in [5.74, 6) is 0.738. The van der Waals surface area contributed by atoms with Crippen molar-refractivity contribution in [2.45, 2.75) is 79.2 Å². The van der Waals surface area contributed by atoms with Crippen LogP contribution in [0.2, 0.25) is 0 Å². The fourth-order valence-corrected chi connectivity index (χ4v) is 7.37. The fourth-order valence-electron chi connectivity index (χ4n) is 6.32. The summed E-state index contributed by atoms with van der Waals surface area (Å²) >= 11 is 1.31. The Hall–Kier alpha value is -4.17. The number of amides is 1. The Morgan fingerprint density at radius 1 is 1.02 bits per heavy atom. The molecule has 1 aliphatic heterocycles. The maximum absolute atomic E-state index is 14.6. The number of phenols is 1. The summed E-state index contributed by atoms with van der Waals surface area (Å²) in [5, 5.41) is 13.2. The number of ether oxygens (including phenoxy) is 1. The third kappa shape index (κ3) is 5.79. The molecular formula is C38H45N3O4S. The molecule has 242 valence electrons. The molecule has 0 saturated carbocycles. The number of aromatic hydroxyl groups is 1. The molecule has 0 aliphatic carbocycles. The molecule has 0 unspecified atom stereocenters. The molecule has 3 aromatic carbocycles. The summed E-state index contributed by atoms with van der Waals surface area (Å²) in [6.45, 7) is 19.2. The fraction of sp³-hybridized carbons (Fsp3) is 0.395. The molecule has 46 heavy (non-hydrogen) atoms. The highest BCUT2D eigenvalue weighted by atomic mass is 32.1. The first-order valence-corrected chi connectivity index (χ1v) is 16.7. The van der Waals surface area contributed by atoms with Crippen molar-refractivity contribution in [1.29, 1.82) is 0 Å². The van der Waals surface area contributed by atoms with Gasteiger partial charge in [0.1, 0.15) is 17.5 Å². The summed E-state index contributed by atoms with van der Waals surface area (Å²) < 4.78 is 8.08. The lowest BCUT2D eigenvalue weighted by Crippen LogP contribution is -2.43. The van der Waals surface area contributed by atoms with E-state index < -0.39 is 6.04 Å². The van der Waals surface area contributed by atoms with Crippen molar-refractivity contribution >= 4 is 34.1 Å². The summed E-state index contributed by atoms with van der Waals surface area (Å²) in [6.07, 6.45) is 1.89. The number of likely N-dealkylation sites (N-methyl/N-ethyl adjacent to an activating group) is 1. The number of methoxy groups -OCH3 is 1. The van der Waals surface area contributed by atoms with Gasteiger partial charge in [-0.05, 0) is 72.2 Å². The number of rotatable bonds is 6. The predicted molar refractivity (Wildman–Crippen MR) is 188 cm³/mol. The third-order valence-electron chi connectivity index (χ3n) is 8.77. The maximum atomic E-state index is 14.6. The van der Waals surface area contributed by atoms with E-state index in [-0.39, 0.29) is 28.0 Å². The Labute approximate surface area is 275 Å². The number of carbonyl (C=O) groups is 1. The van der Waals surface area contributed by atoms with E-state index in [1.165, 1.54) is 11.3 Å². The molecule has 0 bridgehead atoms. The van der Waals surface area contributed by atoms with Gasteiger partial charge < -0.3 is 14.7 Å². The zero-order valence-electron chi connectivity index (χ0n) is 28.6. The van der Waals surface area contributed by atoms with Crippen molar-refractivity contribution in [3.8, 4) is 11.5 Å². The first-order valence-electron chi connectivity index (χ1n) is 15.9. The van der Waals surface area contributed by atoms with Crippen LogP contribution < -0.4 is 19.6 Å². The molecule has 1 atom stereocenters. The van der Waals surface area contributed by atoms with Crippen LogP contribution in [0.5, 0.6) is 11.5 Å². The lowest BCUT2D eigenvalue weighted by Gasteiger charge is -2.30. The Balaban J connectivity index is 1.86. The number of aromatic nitrogens is 1. The van der Waals surface area contributed by atoms with Crippen LogP contribution in [0.1, 0.15) is 90.6 Å². The largest absolute Gasteiger partial charge is 0.507 e. The van der Waals surface area contributed by atoms with Crippen molar-refractivity contribution in [2.75, 3.05) is 20.2 Å². The van der Waals surface area contributed by atoms with Gasteiger partial charge in [0.15, 0.2) is 4.80 Å². The SMILES string of the molecule is CCN(CC)C(=O)C1=C(C)N=c2s/c(=C/c3cc(C(C)(C)C)c(O)c(C(C)(C)C)c3)c(=O)n2[C@@H]1c1c(OC)ccc2ccccc12. The number of hydrogen-bond donors (Lipinski definition) is 1. The van der Waals surface area contributed by atoms with E-state index in [4.69, 9.17) is 9.73 Å². The number of fused-ring (bicyclic) bond motifs is 2. The Morgan fingerprint density at radius 3 is 2.20 bits per heavy atom. The van der Waals surface area contributed by atoms with Gasteiger partial charge in [0.2, 0.25) is 0 Å². The minimum Gasteiger partial charge on any atom is -0.507 e. The number of phenolic OH excluding ortho intramolecular Hbond substituents is 1. The molecule has 1 N–H and O–H groups in total. The minimum atomic E-state index is -0.748. The van der Waals surface area contributed by atoms with Crippen molar-refractivity contribution < 1.29 is 14.6 Å². The van der Waals surface area contributed by atoms with Crippen LogP contribution in [-0.2, 0) is 15.6 Å². The molecule has 5 rings (SSSR count). The number of carbonyl (C=O) groups excluding carboxylic acids is 1. The van der Waals surface area contributed by atoms with Gasteiger partial charge in [-0.15, -0.1) is 0 Å². The van der Waals surface area contributed by atoms with Gasteiger partial charge in [0, 0.05) is 29.8 Å². The second kappa shape index (κ2) is 12.2. The summed E-state index contributed by atoms with van der Waals surface area (Å²) in [5.41, 5.74) is 3.41. The van der Waals surface area contributed by atoms with Gasteiger partial charge in [-0.3, -0.25) is 14.2 Å². The Bertz CT molecular complexity index is 2020. The summed E-state index contributed by atoms with van der Waals surface area (Å²) in [4.78, 5) is 36.0. The molecular weight excluding hydrogens is 595 g/mol. The highest BCUT2D eigenvalue weighted by Gasteiger charge is 2.37. The van der Waals surface area contributed by atoms with E-state index in [1.807, 2.05) is 75.4 Å². The van der Waals surface area contributed by atoms with Gasteiger partial charge in [-0.25, -0.2) is 4.99 Å². The number of thiazole rings is 1. The molecule has 7 nitrogen and oxygen atoms in total. The van der Waals surface area contributed by atoms with Crippen LogP contribution in [-0.4, -0.2) is 40.7 Å². The van der Waals surface area contributed by atoms with Crippen LogP contribution in [0.4, 0.5) is 0 Å². The van der Waals surface area contributed by atoms with Crippen molar-refractivity contribution in [3.63, 3.8) is 0 Å². The molecule has 1 amide bonds. The van der Waals surface area contributed by atoms with Crippen LogP contribution in [0.25, 0.3) is 16.8 Å². The summed E-state index contributed by atoms with van der Waals surface area (Å²) in [6, 6.07) is 15.1. The number of allylic oxidation sites excluding steroid dienone is 1. The molecule has 8 heteroatoms. The molecule has 1 aliphatic rings. The average Bonchev–Trinajstić information content (AvgIpc) is 3.29. The normalized spacial score (nSPS) is 15.6. The highest BCUT2D eigenvalue weighted by Crippen LogP contribution is 2.42. The lowest BCUT2D eigenvalue weighted by atomic mass is 9.78. The van der Waals surface area contributed by atoms with E-state index >= 15 is 0 Å². The molecule has 4 aromatic rings. The second-order valence-electron chi connectivity index (χ2n) is 13.9. The predicted octanol–water partition coefficient (Wildman–Crippen LogP) is 6.57. The van der Waals surface area contributed by atoms with Crippen molar-refractivity contribution in [2.24, 2.45) is 4.99 Å². The topological polar surface area (TPSA) is 84.1 Å². The van der Waals surface area contributed by atoms with Gasteiger partial charge in [0.05, 0.1) is 22.9 Å². The summed E-state index contributed by atoms with van der Waals surface area (Å²) in [7, 11) is 1.62. The van der Waals surface area contributed by atoms with Crippen LogP contribution in [0, 0.1) is 0 Å². The molecule has 0 spiro atoms. The monoisotopic (exact) mass is 639 g/mol. The van der Waals surface area contributed by atoms with Crippen LogP contribution in [0.15, 0.2) is 69.6 Å². The third-order valence-corrected chi connectivity index (χ3v) is 9.76. The number of nitrogens with zero attached hydrogens (tertiary/aromatic N) is 3. The number of hydrogen-bond acceptors (Lipinski definition) is 6. The maximum Gasteiger partial charge on any atom is 0.271 e. The molecule has 0 radical (unpaired) electrons. The molecule has 2 heterocycles. The van der Waals surface area contributed by atoms with Gasteiger partial charge >= 0.3 is 0 Å². The zero-order chi connectivity index (χ0) is 33.7. The van der Waals surface area contributed by atoms with Gasteiger partial charge in [0.25, 0.3) is 11.5 Å². The zero-order valence-corrected chi connectivity index (χ0v) is 29.4. The average molecular weight is 640 g/mol. The quantitative estimate of drug-likeness (QED) is 0.259.